The number of hydrogen-bond donors (Lipinski definition) is 2. The standard InChI is InChI=1S/C9H10N2O5S/c10-17(14,15)8-4-11-6(9(12)13)3-7(8)16-5-1-2-5/h3-5H,1-2H2,(H,12,13)(H2,10,14,15). The SMILES string of the molecule is NS(=O)(=O)c1cnc(C(=O)O)cc1OC1CC1. The lowest BCUT2D eigenvalue weighted by molar-refractivity contribution is 0.0689. The number of rotatable bonds is 4. The summed E-state index contributed by atoms with van der Waals surface area (Å²) in [6.45, 7) is 0. The third-order valence-corrected chi connectivity index (χ3v) is 3.09. The van der Waals surface area contributed by atoms with Gasteiger partial charge in [-0.25, -0.2) is 23.3 Å². The van der Waals surface area contributed by atoms with Gasteiger partial charge in [0.15, 0.2) is 5.69 Å². The fraction of sp³-hybridized carbons (Fsp3) is 0.333. The summed E-state index contributed by atoms with van der Waals surface area (Å²) >= 11 is 0. The average Bonchev–Trinajstić information content (AvgIpc) is 2.99. The molecule has 17 heavy (non-hydrogen) atoms. The van der Waals surface area contributed by atoms with Crippen molar-refractivity contribution in [2.45, 2.75) is 23.8 Å². The number of carbonyl (C=O) groups is 1. The zero-order chi connectivity index (χ0) is 12.6. The smallest absolute Gasteiger partial charge is 0.354 e. The molecule has 7 nitrogen and oxygen atoms in total. The Balaban J connectivity index is 2.47. The fourth-order valence-electron chi connectivity index (χ4n) is 1.21. The first kappa shape index (κ1) is 11.8. The second kappa shape index (κ2) is 3.97. The van der Waals surface area contributed by atoms with Crippen LogP contribution in [0.1, 0.15) is 23.3 Å². The summed E-state index contributed by atoms with van der Waals surface area (Å²) in [7, 11) is -3.97. The molecule has 0 amide bonds. The lowest BCUT2D eigenvalue weighted by Crippen LogP contribution is -2.16. The molecule has 1 aromatic heterocycles. The molecule has 1 fully saturated rings. The van der Waals surface area contributed by atoms with Crippen LogP contribution in [0.2, 0.25) is 0 Å². The Hall–Kier alpha value is -1.67. The molecule has 1 saturated carbocycles. The molecule has 1 aliphatic rings. The summed E-state index contributed by atoms with van der Waals surface area (Å²) in [5.74, 6) is -1.31. The second-order valence-corrected chi connectivity index (χ2v) is 5.21. The van der Waals surface area contributed by atoms with Crippen molar-refractivity contribution < 1.29 is 23.1 Å². The van der Waals surface area contributed by atoms with E-state index in [1.165, 1.54) is 0 Å². The summed E-state index contributed by atoms with van der Waals surface area (Å²) in [5, 5.41) is 13.7. The number of pyridine rings is 1. The van der Waals surface area contributed by atoms with Crippen LogP contribution in [0.4, 0.5) is 0 Å². The van der Waals surface area contributed by atoms with E-state index in [9.17, 15) is 13.2 Å². The summed E-state index contributed by atoms with van der Waals surface area (Å²) < 4.78 is 27.8. The first-order chi connectivity index (χ1) is 7.88. The summed E-state index contributed by atoms with van der Waals surface area (Å²) in [6, 6.07) is 1.07. The number of nitrogens with two attached hydrogens (primary N) is 1. The lowest BCUT2D eigenvalue weighted by Gasteiger charge is -2.09. The van der Waals surface area contributed by atoms with Gasteiger partial charge in [-0.15, -0.1) is 0 Å². The predicted octanol–water partition coefficient (Wildman–Crippen LogP) is -0.0316. The van der Waals surface area contributed by atoms with Gasteiger partial charge in [-0.2, -0.15) is 0 Å². The zero-order valence-corrected chi connectivity index (χ0v) is 9.48. The first-order valence-corrected chi connectivity index (χ1v) is 6.35. The van der Waals surface area contributed by atoms with Gasteiger partial charge in [0.05, 0.1) is 12.3 Å². The van der Waals surface area contributed by atoms with Crippen molar-refractivity contribution in [2.75, 3.05) is 0 Å². The molecule has 2 rings (SSSR count). The van der Waals surface area contributed by atoms with Gasteiger partial charge in [-0.1, -0.05) is 0 Å². The molecule has 0 radical (unpaired) electrons. The van der Waals surface area contributed by atoms with Crippen molar-refractivity contribution in [3.63, 3.8) is 0 Å². The topological polar surface area (TPSA) is 120 Å². The zero-order valence-electron chi connectivity index (χ0n) is 8.66. The first-order valence-electron chi connectivity index (χ1n) is 4.81. The highest BCUT2D eigenvalue weighted by Gasteiger charge is 2.27. The van der Waals surface area contributed by atoms with Gasteiger partial charge in [0, 0.05) is 6.07 Å². The second-order valence-electron chi connectivity index (χ2n) is 3.68. The minimum atomic E-state index is -3.97. The molecule has 0 aromatic carbocycles. The van der Waals surface area contributed by atoms with Gasteiger partial charge in [-0.3, -0.25) is 0 Å². The molecular weight excluding hydrogens is 248 g/mol. The van der Waals surface area contributed by atoms with Crippen molar-refractivity contribution in [3.05, 3.63) is 18.0 Å². The predicted molar refractivity (Wildman–Crippen MR) is 56.2 cm³/mol. The average molecular weight is 258 g/mol. The lowest BCUT2D eigenvalue weighted by atomic mass is 10.3. The maximum absolute atomic E-state index is 11.2. The van der Waals surface area contributed by atoms with E-state index in [4.69, 9.17) is 15.0 Å². The van der Waals surface area contributed by atoms with E-state index in [-0.39, 0.29) is 22.4 Å². The molecule has 0 spiro atoms. The van der Waals surface area contributed by atoms with Crippen LogP contribution in [0.25, 0.3) is 0 Å². The summed E-state index contributed by atoms with van der Waals surface area (Å²) in [6.07, 6.45) is 2.46. The molecule has 8 heteroatoms. The van der Waals surface area contributed by atoms with Crippen molar-refractivity contribution in [1.82, 2.24) is 4.98 Å². The molecular formula is C9H10N2O5S. The summed E-state index contributed by atoms with van der Waals surface area (Å²) in [5.41, 5.74) is -0.284. The van der Waals surface area contributed by atoms with Gasteiger partial charge >= 0.3 is 5.97 Å². The van der Waals surface area contributed by atoms with Gasteiger partial charge in [-0.05, 0) is 12.8 Å². The molecule has 0 unspecified atom stereocenters. The molecule has 92 valence electrons. The molecule has 1 aliphatic carbocycles. The van der Waals surface area contributed by atoms with Crippen molar-refractivity contribution in [3.8, 4) is 5.75 Å². The fourth-order valence-corrected chi connectivity index (χ4v) is 1.80. The number of carboxylic acid groups (broad SMARTS) is 1. The minimum absolute atomic E-state index is 0.0533. The monoisotopic (exact) mass is 258 g/mol. The van der Waals surface area contributed by atoms with Crippen LogP contribution in [0, 0.1) is 0 Å². The van der Waals surface area contributed by atoms with Crippen molar-refractivity contribution in [2.24, 2.45) is 5.14 Å². The van der Waals surface area contributed by atoms with Crippen LogP contribution in [0.15, 0.2) is 17.2 Å². The Morgan fingerprint density at radius 1 is 1.53 bits per heavy atom. The third-order valence-electron chi connectivity index (χ3n) is 2.18. The van der Waals surface area contributed by atoms with E-state index in [1.54, 1.807) is 0 Å². The summed E-state index contributed by atoms with van der Waals surface area (Å²) in [4.78, 5) is 13.9. The highest BCUT2D eigenvalue weighted by Crippen LogP contribution is 2.31. The van der Waals surface area contributed by atoms with Crippen LogP contribution in [0.3, 0.4) is 0 Å². The number of aromatic carboxylic acids is 1. The molecule has 1 aromatic rings. The molecule has 0 aliphatic heterocycles. The van der Waals surface area contributed by atoms with E-state index in [2.05, 4.69) is 4.98 Å². The molecule has 0 saturated heterocycles. The quantitative estimate of drug-likeness (QED) is 0.782. The Bertz CT molecular complexity index is 565. The van der Waals surface area contributed by atoms with Crippen molar-refractivity contribution >= 4 is 16.0 Å². The van der Waals surface area contributed by atoms with Crippen LogP contribution < -0.4 is 9.88 Å². The Labute approximate surface area is 97.3 Å². The van der Waals surface area contributed by atoms with Gasteiger partial charge in [0.2, 0.25) is 10.0 Å². The third kappa shape index (κ3) is 2.71. The van der Waals surface area contributed by atoms with Gasteiger partial charge < -0.3 is 9.84 Å². The number of hydrogen-bond acceptors (Lipinski definition) is 5. The number of primary sulfonamides is 1. The molecule has 3 N–H and O–H groups in total. The van der Waals surface area contributed by atoms with Crippen LogP contribution in [-0.2, 0) is 10.0 Å². The maximum atomic E-state index is 11.2. The van der Waals surface area contributed by atoms with Crippen LogP contribution in [-0.4, -0.2) is 30.6 Å². The number of carboxylic acids is 1. The van der Waals surface area contributed by atoms with Crippen LogP contribution in [0.5, 0.6) is 5.75 Å². The minimum Gasteiger partial charge on any atom is -0.489 e. The van der Waals surface area contributed by atoms with E-state index in [0.29, 0.717) is 0 Å². The number of nitrogens with zero attached hydrogens (tertiary/aromatic N) is 1. The highest BCUT2D eigenvalue weighted by atomic mass is 32.2. The highest BCUT2D eigenvalue weighted by molar-refractivity contribution is 7.89. The molecule has 0 bridgehead atoms. The van der Waals surface area contributed by atoms with E-state index in [0.717, 1.165) is 25.1 Å². The van der Waals surface area contributed by atoms with Gasteiger partial charge in [0.25, 0.3) is 0 Å². The number of ether oxygens (including phenoxy) is 1. The van der Waals surface area contributed by atoms with Gasteiger partial charge in [0.1, 0.15) is 10.6 Å². The Morgan fingerprint density at radius 2 is 2.18 bits per heavy atom. The number of aromatic nitrogens is 1. The number of sulfonamides is 1. The molecule has 1 heterocycles. The van der Waals surface area contributed by atoms with Crippen LogP contribution >= 0.6 is 0 Å². The normalized spacial score (nSPS) is 15.6. The van der Waals surface area contributed by atoms with E-state index in [1.807, 2.05) is 0 Å². The Kier molecular flexibility index (Phi) is 2.76. The maximum Gasteiger partial charge on any atom is 0.354 e. The largest absolute Gasteiger partial charge is 0.489 e. The van der Waals surface area contributed by atoms with E-state index < -0.39 is 16.0 Å². The van der Waals surface area contributed by atoms with Crippen molar-refractivity contribution in [1.29, 1.82) is 0 Å². The Morgan fingerprint density at radius 3 is 2.65 bits per heavy atom. The van der Waals surface area contributed by atoms with E-state index >= 15 is 0 Å². The molecule has 0 atom stereocenters.